The molecule has 0 fully saturated rings. The Labute approximate surface area is 115 Å². The number of carbonyl (C=O) groups is 3. The number of nitrogens with two attached hydrogens (primary N) is 3. The lowest BCUT2D eigenvalue weighted by Gasteiger charge is -2.11. The Kier molecular flexibility index (Phi) is 4.83. The molecule has 0 aliphatic rings. The van der Waals surface area contributed by atoms with E-state index in [0.29, 0.717) is 0 Å². The standard InChI is InChI=1S/C13H14N4O3/c1-2-3-10(14)13(20)17-9-5-7(11(15)18)4-8(6-9)12(16)19/h1,4-6,10H,3,14H2,(H2,15,18)(H2,16,19)(H,17,20). The van der Waals surface area contributed by atoms with Crippen molar-refractivity contribution < 1.29 is 14.4 Å². The van der Waals surface area contributed by atoms with Gasteiger partial charge >= 0.3 is 0 Å². The molecule has 7 N–H and O–H groups in total. The maximum Gasteiger partial charge on any atom is 0.248 e. The number of hydrogen-bond acceptors (Lipinski definition) is 4. The molecule has 0 aliphatic carbocycles. The van der Waals surface area contributed by atoms with Gasteiger partial charge in [0.2, 0.25) is 17.7 Å². The zero-order chi connectivity index (χ0) is 15.3. The highest BCUT2D eigenvalue weighted by atomic mass is 16.2. The Morgan fingerprint density at radius 1 is 1.15 bits per heavy atom. The molecule has 104 valence electrons. The molecule has 1 unspecified atom stereocenters. The molecule has 0 saturated carbocycles. The normalized spacial score (nSPS) is 11.2. The van der Waals surface area contributed by atoms with Gasteiger partial charge in [-0.05, 0) is 18.2 Å². The van der Waals surface area contributed by atoms with Crippen molar-refractivity contribution in [2.45, 2.75) is 12.5 Å². The van der Waals surface area contributed by atoms with Gasteiger partial charge in [-0.3, -0.25) is 14.4 Å². The molecule has 1 aromatic carbocycles. The first kappa shape index (κ1) is 15.2. The molecular formula is C13H14N4O3. The Bertz CT molecular complexity index is 572. The minimum atomic E-state index is -0.894. The molecule has 0 heterocycles. The van der Waals surface area contributed by atoms with Crippen LogP contribution in [-0.4, -0.2) is 23.8 Å². The van der Waals surface area contributed by atoms with Gasteiger partial charge in [-0.2, -0.15) is 0 Å². The number of anilines is 1. The van der Waals surface area contributed by atoms with Crippen LogP contribution >= 0.6 is 0 Å². The highest BCUT2D eigenvalue weighted by Gasteiger charge is 2.15. The molecular weight excluding hydrogens is 260 g/mol. The Morgan fingerprint density at radius 2 is 1.65 bits per heavy atom. The van der Waals surface area contributed by atoms with Crippen LogP contribution in [0.4, 0.5) is 5.69 Å². The zero-order valence-corrected chi connectivity index (χ0v) is 10.6. The second kappa shape index (κ2) is 6.36. The summed E-state index contributed by atoms with van der Waals surface area (Å²) in [5.41, 5.74) is 16.1. The highest BCUT2D eigenvalue weighted by molar-refractivity contribution is 6.02. The third-order valence-electron chi connectivity index (χ3n) is 2.44. The van der Waals surface area contributed by atoms with Gasteiger partial charge in [-0.15, -0.1) is 12.3 Å². The van der Waals surface area contributed by atoms with Crippen molar-refractivity contribution in [3.8, 4) is 12.3 Å². The predicted molar refractivity (Wildman–Crippen MR) is 73.5 cm³/mol. The topological polar surface area (TPSA) is 141 Å². The quantitative estimate of drug-likeness (QED) is 0.520. The molecule has 0 bridgehead atoms. The number of benzene rings is 1. The van der Waals surface area contributed by atoms with Crippen molar-refractivity contribution in [2.75, 3.05) is 5.32 Å². The van der Waals surface area contributed by atoms with Crippen molar-refractivity contribution in [1.29, 1.82) is 0 Å². The largest absolute Gasteiger partial charge is 0.366 e. The lowest BCUT2D eigenvalue weighted by atomic mass is 10.1. The number of nitrogens with one attached hydrogen (secondary N) is 1. The van der Waals surface area contributed by atoms with Crippen LogP contribution in [0.3, 0.4) is 0 Å². The fourth-order valence-electron chi connectivity index (χ4n) is 1.44. The fraction of sp³-hybridized carbons (Fsp3) is 0.154. The first-order valence-electron chi connectivity index (χ1n) is 5.59. The number of hydrogen-bond donors (Lipinski definition) is 4. The van der Waals surface area contributed by atoms with E-state index in [2.05, 4.69) is 11.2 Å². The number of amides is 3. The lowest BCUT2D eigenvalue weighted by molar-refractivity contribution is -0.117. The lowest BCUT2D eigenvalue weighted by Crippen LogP contribution is -2.35. The van der Waals surface area contributed by atoms with Crippen molar-refractivity contribution >= 4 is 23.4 Å². The molecule has 1 rings (SSSR count). The van der Waals surface area contributed by atoms with Crippen LogP contribution in [-0.2, 0) is 4.79 Å². The van der Waals surface area contributed by atoms with E-state index in [1.54, 1.807) is 0 Å². The molecule has 0 saturated heterocycles. The van der Waals surface area contributed by atoms with Crippen LogP contribution in [0.25, 0.3) is 0 Å². The Balaban J connectivity index is 3.06. The Hall–Kier alpha value is -2.85. The summed E-state index contributed by atoms with van der Waals surface area (Å²) in [6, 6.07) is 2.97. The monoisotopic (exact) mass is 274 g/mol. The van der Waals surface area contributed by atoms with Crippen molar-refractivity contribution in [2.24, 2.45) is 17.2 Å². The summed E-state index contributed by atoms with van der Waals surface area (Å²) in [6.07, 6.45) is 5.12. The summed E-state index contributed by atoms with van der Waals surface area (Å²) in [7, 11) is 0. The Morgan fingerprint density at radius 3 is 2.05 bits per heavy atom. The van der Waals surface area contributed by atoms with Crippen molar-refractivity contribution in [1.82, 2.24) is 0 Å². The minimum absolute atomic E-state index is 0.0436. The van der Waals surface area contributed by atoms with Gasteiger partial charge < -0.3 is 22.5 Å². The molecule has 3 amide bonds. The minimum Gasteiger partial charge on any atom is -0.366 e. The van der Waals surface area contributed by atoms with Gasteiger partial charge in [-0.25, -0.2) is 0 Å². The van der Waals surface area contributed by atoms with Crippen LogP contribution in [0.1, 0.15) is 27.1 Å². The summed E-state index contributed by atoms with van der Waals surface area (Å²) in [4.78, 5) is 34.0. The van der Waals surface area contributed by atoms with Gasteiger partial charge in [0.1, 0.15) is 0 Å². The molecule has 0 spiro atoms. The fourth-order valence-corrected chi connectivity index (χ4v) is 1.44. The smallest absolute Gasteiger partial charge is 0.248 e. The maximum absolute atomic E-state index is 11.7. The van der Waals surface area contributed by atoms with Gasteiger partial charge in [0.05, 0.1) is 6.04 Å². The molecule has 0 aromatic heterocycles. The molecule has 7 nitrogen and oxygen atoms in total. The average Bonchev–Trinajstić information content (AvgIpc) is 2.38. The third-order valence-corrected chi connectivity index (χ3v) is 2.44. The van der Waals surface area contributed by atoms with Crippen LogP contribution in [0, 0.1) is 12.3 Å². The average molecular weight is 274 g/mol. The van der Waals surface area contributed by atoms with Gasteiger partial charge in [0, 0.05) is 23.2 Å². The van der Waals surface area contributed by atoms with E-state index in [1.807, 2.05) is 0 Å². The summed E-state index contributed by atoms with van der Waals surface area (Å²) >= 11 is 0. The van der Waals surface area contributed by atoms with E-state index in [0.717, 1.165) is 0 Å². The van der Waals surface area contributed by atoms with Gasteiger partial charge in [-0.1, -0.05) is 0 Å². The molecule has 0 radical (unpaired) electrons. The van der Waals surface area contributed by atoms with E-state index in [9.17, 15) is 14.4 Å². The van der Waals surface area contributed by atoms with Gasteiger partial charge in [0.15, 0.2) is 0 Å². The van der Waals surface area contributed by atoms with E-state index in [4.69, 9.17) is 23.6 Å². The first-order valence-corrected chi connectivity index (χ1v) is 5.59. The van der Waals surface area contributed by atoms with Crippen molar-refractivity contribution in [3.05, 3.63) is 29.3 Å². The van der Waals surface area contributed by atoms with Crippen LogP contribution in [0.2, 0.25) is 0 Å². The second-order valence-electron chi connectivity index (χ2n) is 4.03. The summed E-state index contributed by atoms with van der Waals surface area (Å²) in [6.45, 7) is 0. The summed E-state index contributed by atoms with van der Waals surface area (Å²) < 4.78 is 0. The van der Waals surface area contributed by atoms with Crippen LogP contribution < -0.4 is 22.5 Å². The maximum atomic E-state index is 11.7. The highest BCUT2D eigenvalue weighted by Crippen LogP contribution is 2.15. The molecule has 1 atom stereocenters. The third kappa shape index (κ3) is 3.83. The number of rotatable bonds is 5. The van der Waals surface area contributed by atoms with E-state index >= 15 is 0 Å². The number of primary amides is 2. The number of terminal acetylenes is 1. The number of carbonyl (C=O) groups excluding carboxylic acids is 3. The van der Waals surface area contributed by atoms with Crippen molar-refractivity contribution in [3.63, 3.8) is 0 Å². The van der Waals surface area contributed by atoms with E-state index < -0.39 is 23.8 Å². The molecule has 1 aromatic rings. The predicted octanol–water partition coefficient (Wildman–Crippen LogP) is -0.826. The molecule has 20 heavy (non-hydrogen) atoms. The van der Waals surface area contributed by atoms with E-state index in [1.165, 1.54) is 18.2 Å². The summed E-state index contributed by atoms with van der Waals surface area (Å²) in [5.74, 6) is 0.211. The molecule has 0 aliphatic heterocycles. The first-order chi connectivity index (χ1) is 9.35. The zero-order valence-electron chi connectivity index (χ0n) is 10.6. The second-order valence-corrected chi connectivity index (χ2v) is 4.03. The van der Waals surface area contributed by atoms with Crippen LogP contribution in [0.15, 0.2) is 18.2 Å². The van der Waals surface area contributed by atoms with E-state index in [-0.39, 0.29) is 23.2 Å². The summed E-state index contributed by atoms with van der Waals surface area (Å²) in [5, 5.41) is 2.44. The molecule has 7 heteroatoms. The van der Waals surface area contributed by atoms with Gasteiger partial charge in [0.25, 0.3) is 0 Å². The SMILES string of the molecule is C#CCC(N)C(=O)Nc1cc(C(N)=O)cc(C(N)=O)c1. The van der Waals surface area contributed by atoms with Crippen LogP contribution in [0.5, 0.6) is 0 Å².